The largest absolute Gasteiger partial charge is 0.417 e. The van der Waals surface area contributed by atoms with Gasteiger partial charge in [-0.2, -0.15) is 0 Å². The molecular weight excluding hydrogens is 220 g/mol. The van der Waals surface area contributed by atoms with Gasteiger partial charge in [0.2, 0.25) is 5.91 Å². The molecule has 0 spiro atoms. The van der Waals surface area contributed by atoms with Crippen LogP contribution in [0, 0.1) is 5.92 Å². The van der Waals surface area contributed by atoms with Crippen LogP contribution in [0.3, 0.4) is 0 Å². The molecule has 1 amide bonds. The van der Waals surface area contributed by atoms with Gasteiger partial charge in [-0.05, 0) is 18.1 Å². The lowest BCUT2D eigenvalue weighted by molar-refractivity contribution is -0.116. The van der Waals surface area contributed by atoms with Crippen LogP contribution in [0.5, 0.6) is 0 Å². The summed E-state index contributed by atoms with van der Waals surface area (Å²) < 4.78 is 4.91. The lowest BCUT2D eigenvalue weighted by Gasteiger charge is -2.07. The molecule has 0 saturated heterocycles. The number of fused-ring (bicyclic) bond motifs is 1. The molecule has 1 aromatic heterocycles. The molecular formula is C12H14N2O3. The van der Waals surface area contributed by atoms with Crippen molar-refractivity contribution >= 4 is 22.7 Å². The highest BCUT2D eigenvalue weighted by molar-refractivity contribution is 5.98. The summed E-state index contributed by atoms with van der Waals surface area (Å²) in [4.78, 5) is 25.3. The molecule has 0 aliphatic carbocycles. The Hall–Kier alpha value is -2.04. The Morgan fingerprint density at radius 1 is 1.47 bits per heavy atom. The van der Waals surface area contributed by atoms with E-state index >= 15 is 0 Å². The van der Waals surface area contributed by atoms with Gasteiger partial charge in [-0.25, -0.2) is 4.79 Å². The molecule has 1 aromatic carbocycles. The van der Waals surface area contributed by atoms with Gasteiger partial charge < -0.3 is 9.73 Å². The molecule has 0 atom stereocenters. The number of hydrogen-bond acceptors (Lipinski definition) is 3. The third-order valence-electron chi connectivity index (χ3n) is 2.32. The van der Waals surface area contributed by atoms with Crippen LogP contribution in [-0.2, 0) is 4.79 Å². The van der Waals surface area contributed by atoms with Crippen LogP contribution in [0.2, 0.25) is 0 Å². The average Bonchev–Trinajstić information content (AvgIpc) is 2.58. The number of anilines is 1. The standard InChI is InChI=1S/C12H14N2O3/c1-7(2)6-10(15)13-8-4-3-5-9-11(8)14-12(16)17-9/h3-5,7H,6H2,1-2H3,(H,13,15)(H,14,16). The Bertz CT molecular complexity index is 595. The van der Waals surface area contributed by atoms with Gasteiger partial charge in [0, 0.05) is 6.42 Å². The van der Waals surface area contributed by atoms with Crippen molar-refractivity contribution in [2.24, 2.45) is 5.92 Å². The van der Waals surface area contributed by atoms with Gasteiger partial charge in [0.05, 0.1) is 5.69 Å². The van der Waals surface area contributed by atoms with Crippen LogP contribution < -0.4 is 11.1 Å². The third-order valence-corrected chi connectivity index (χ3v) is 2.32. The van der Waals surface area contributed by atoms with E-state index in [1.54, 1.807) is 18.2 Å². The summed E-state index contributed by atoms with van der Waals surface area (Å²) in [5, 5.41) is 2.76. The number of benzene rings is 1. The first-order valence-electron chi connectivity index (χ1n) is 5.48. The quantitative estimate of drug-likeness (QED) is 0.854. The van der Waals surface area contributed by atoms with E-state index in [1.807, 2.05) is 13.8 Å². The maximum atomic E-state index is 11.6. The summed E-state index contributed by atoms with van der Waals surface area (Å²) in [7, 11) is 0. The van der Waals surface area contributed by atoms with Crippen LogP contribution in [0.4, 0.5) is 5.69 Å². The molecule has 2 aromatic rings. The number of amides is 1. The van der Waals surface area contributed by atoms with E-state index in [-0.39, 0.29) is 11.8 Å². The van der Waals surface area contributed by atoms with E-state index in [2.05, 4.69) is 10.3 Å². The first-order chi connectivity index (χ1) is 8.06. The minimum atomic E-state index is -0.523. The number of rotatable bonds is 3. The van der Waals surface area contributed by atoms with E-state index in [1.165, 1.54) is 0 Å². The smallest absolute Gasteiger partial charge is 0.408 e. The number of carbonyl (C=O) groups is 1. The molecule has 0 fully saturated rings. The Labute approximate surface area is 97.8 Å². The van der Waals surface area contributed by atoms with Gasteiger partial charge in [0.1, 0.15) is 5.52 Å². The van der Waals surface area contributed by atoms with E-state index in [0.717, 1.165) is 0 Å². The monoisotopic (exact) mass is 234 g/mol. The number of aromatic amines is 1. The summed E-state index contributed by atoms with van der Waals surface area (Å²) >= 11 is 0. The van der Waals surface area contributed by atoms with Crippen molar-refractivity contribution in [3.8, 4) is 0 Å². The lowest BCUT2D eigenvalue weighted by Crippen LogP contribution is -2.14. The second-order valence-electron chi connectivity index (χ2n) is 4.34. The summed E-state index contributed by atoms with van der Waals surface area (Å²) in [6, 6.07) is 5.13. The van der Waals surface area contributed by atoms with Crippen LogP contribution in [0.25, 0.3) is 11.1 Å². The molecule has 0 aliphatic heterocycles. The molecule has 1 heterocycles. The highest BCUT2D eigenvalue weighted by Crippen LogP contribution is 2.20. The van der Waals surface area contributed by atoms with Crippen LogP contribution in [-0.4, -0.2) is 10.9 Å². The number of nitrogens with one attached hydrogen (secondary N) is 2. The molecule has 0 radical (unpaired) electrons. The van der Waals surface area contributed by atoms with E-state index in [9.17, 15) is 9.59 Å². The predicted octanol–water partition coefficient (Wildman–Crippen LogP) is 2.11. The zero-order valence-electron chi connectivity index (χ0n) is 9.74. The Morgan fingerprint density at radius 3 is 2.94 bits per heavy atom. The van der Waals surface area contributed by atoms with Crippen molar-refractivity contribution in [1.82, 2.24) is 4.98 Å². The van der Waals surface area contributed by atoms with E-state index in [4.69, 9.17) is 4.42 Å². The summed E-state index contributed by atoms with van der Waals surface area (Å²) in [6.07, 6.45) is 0.443. The SMILES string of the molecule is CC(C)CC(=O)Nc1cccc2oc(=O)[nH]c12. The number of aromatic nitrogens is 1. The molecule has 0 aliphatic rings. The molecule has 17 heavy (non-hydrogen) atoms. The van der Waals surface area contributed by atoms with Gasteiger partial charge >= 0.3 is 5.76 Å². The Morgan fingerprint density at radius 2 is 2.24 bits per heavy atom. The zero-order valence-corrected chi connectivity index (χ0v) is 9.74. The molecule has 90 valence electrons. The maximum absolute atomic E-state index is 11.6. The molecule has 0 saturated carbocycles. The van der Waals surface area contributed by atoms with Crippen molar-refractivity contribution in [2.45, 2.75) is 20.3 Å². The van der Waals surface area contributed by atoms with Gasteiger partial charge in [-0.1, -0.05) is 19.9 Å². The predicted molar refractivity (Wildman–Crippen MR) is 64.9 cm³/mol. The van der Waals surface area contributed by atoms with Gasteiger partial charge in [-0.3, -0.25) is 9.78 Å². The summed E-state index contributed by atoms with van der Waals surface area (Å²) in [5.41, 5.74) is 1.53. The summed E-state index contributed by atoms with van der Waals surface area (Å²) in [5.74, 6) is -0.308. The van der Waals surface area contributed by atoms with E-state index < -0.39 is 5.76 Å². The van der Waals surface area contributed by atoms with Crippen molar-refractivity contribution in [3.63, 3.8) is 0 Å². The van der Waals surface area contributed by atoms with Gasteiger partial charge in [0.25, 0.3) is 0 Å². The van der Waals surface area contributed by atoms with Crippen LogP contribution >= 0.6 is 0 Å². The Balaban J connectivity index is 2.29. The normalized spacial score (nSPS) is 11.0. The topological polar surface area (TPSA) is 75.1 Å². The third kappa shape index (κ3) is 2.55. The van der Waals surface area contributed by atoms with Crippen LogP contribution in [0.15, 0.2) is 27.4 Å². The first kappa shape index (κ1) is 11.4. The van der Waals surface area contributed by atoms with Crippen molar-refractivity contribution in [2.75, 3.05) is 5.32 Å². The van der Waals surface area contributed by atoms with Crippen molar-refractivity contribution in [3.05, 3.63) is 28.7 Å². The highest BCUT2D eigenvalue weighted by atomic mass is 16.4. The molecule has 5 heteroatoms. The first-order valence-corrected chi connectivity index (χ1v) is 5.48. The fraction of sp³-hybridized carbons (Fsp3) is 0.333. The van der Waals surface area contributed by atoms with Crippen LogP contribution in [0.1, 0.15) is 20.3 Å². The minimum absolute atomic E-state index is 0.0745. The van der Waals surface area contributed by atoms with Gasteiger partial charge in [0.15, 0.2) is 5.58 Å². The second kappa shape index (κ2) is 4.45. The lowest BCUT2D eigenvalue weighted by atomic mass is 10.1. The van der Waals surface area contributed by atoms with Gasteiger partial charge in [-0.15, -0.1) is 0 Å². The number of hydrogen-bond donors (Lipinski definition) is 2. The highest BCUT2D eigenvalue weighted by Gasteiger charge is 2.10. The summed E-state index contributed by atoms with van der Waals surface area (Å²) in [6.45, 7) is 3.94. The Kier molecular flexibility index (Phi) is 2.99. The second-order valence-corrected chi connectivity index (χ2v) is 4.34. The molecule has 2 rings (SSSR count). The minimum Gasteiger partial charge on any atom is -0.408 e. The number of para-hydroxylation sites is 1. The van der Waals surface area contributed by atoms with Crippen molar-refractivity contribution in [1.29, 1.82) is 0 Å². The molecule has 0 bridgehead atoms. The molecule has 2 N–H and O–H groups in total. The molecule has 5 nitrogen and oxygen atoms in total. The fourth-order valence-electron chi connectivity index (χ4n) is 1.65. The number of oxazole rings is 1. The molecule has 0 unspecified atom stereocenters. The zero-order chi connectivity index (χ0) is 12.4. The van der Waals surface area contributed by atoms with E-state index in [0.29, 0.717) is 23.2 Å². The fourth-order valence-corrected chi connectivity index (χ4v) is 1.65. The number of carbonyl (C=O) groups excluding carboxylic acids is 1. The maximum Gasteiger partial charge on any atom is 0.417 e. The number of H-pyrrole nitrogens is 1. The average molecular weight is 234 g/mol. The van der Waals surface area contributed by atoms with Crippen molar-refractivity contribution < 1.29 is 9.21 Å².